The van der Waals surface area contributed by atoms with Gasteiger partial charge >= 0.3 is 0 Å². The summed E-state index contributed by atoms with van der Waals surface area (Å²) in [5.74, 6) is -0.689. The van der Waals surface area contributed by atoms with Crippen molar-refractivity contribution in [2.24, 2.45) is 5.73 Å². The lowest BCUT2D eigenvalue weighted by atomic mass is 10.2. The number of amides is 1. The summed E-state index contributed by atoms with van der Waals surface area (Å²) in [6, 6.07) is 12.6. The van der Waals surface area contributed by atoms with Gasteiger partial charge in [0.2, 0.25) is 0 Å². The molecule has 5 nitrogen and oxygen atoms in total. The predicted molar refractivity (Wildman–Crippen MR) is 84.9 cm³/mol. The fourth-order valence-electron chi connectivity index (χ4n) is 1.60. The average molecular weight is 402 g/mol. The molecule has 3 N–H and O–H groups in total. The number of anilines is 1. The molecule has 0 spiro atoms. The summed E-state index contributed by atoms with van der Waals surface area (Å²) in [5, 5.41) is 0. The van der Waals surface area contributed by atoms with Gasteiger partial charge in [0.1, 0.15) is 0 Å². The number of nitrogens with one attached hydrogen (secondary N) is 1. The monoisotopic (exact) mass is 402 g/mol. The Morgan fingerprint density at radius 3 is 2.25 bits per heavy atom. The van der Waals surface area contributed by atoms with Crippen LogP contribution >= 0.6 is 22.6 Å². The van der Waals surface area contributed by atoms with Gasteiger partial charge in [-0.05, 0) is 59.0 Å². The van der Waals surface area contributed by atoms with Crippen LogP contribution in [0.5, 0.6) is 0 Å². The molecule has 0 atom stereocenters. The maximum absolute atomic E-state index is 12.2. The van der Waals surface area contributed by atoms with Crippen LogP contribution in [0.4, 0.5) is 5.69 Å². The number of primary amides is 1. The number of para-hydroxylation sites is 1. The molecule has 0 fully saturated rings. The average Bonchev–Trinajstić information content (AvgIpc) is 2.39. The first-order chi connectivity index (χ1) is 9.40. The van der Waals surface area contributed by atoms with Crippen molar-refractivity contribution in [3.63, 3.8) is 0 Å². The van der Waals surface area contributed by atoms with E-state index in [1.54, 1.807) is 24.3 Å². The van der Waals surface area contributed by atoms with Gasteiger partial charge in [0.05, 0.1) is 16.1 Å². The molecule has 0 aliphatic carbocycles. The highest BCUT2D eigenvalue weighted by Gasteiger charge is 2.17. The molecule has 0 saturated carbocycles. The molecular formula is C13H11IN2O3S. The van der Waals surface area contributed by atoms with Crippen molar-refractivity contribution in [1.82, 2.24) is 0 Å². The number of hydrogen-bond donors (Lipinski definition) is 2. The van der Waals surface area contributed by atoms with Crippen molar-refractivity contribution in [3.8, 4) is 0 Å². The number of carbonyl (C=O) groups is 1. The molecule has 0 heterocycles. The highest BCUT2D eigenvalue weighted by Crippen LogP contribution is 2.20. The standard InChI is InChI=1S/C13H11IN2O3S/c14-9-5-7-10(8-6-9)20(18,19)16-12-4-2-1-3-11(12)13(15)17/h1-8,16H,(H2,15,17). The molecule has 2 rings (SSSR count). The van der Waals surface area contributed by atoms with Crippen molar-refractivity contribution >= 4 is 44.2 Å². The molecule has 1 amide bonds. The van der Waals surface area contributed by atoms with Gasteiger partial charge in [-0.1, -0.05) is 12.1 Å². The molecule has 2 aromatic rings. The fourth-order valence-corrected chi connectivity index (χ4v) is 3.04. The van der Waals surface area contributed by atoms with Crippen molar-refractivity contribution in [1.29, 1.82) is 0 Å². The third-order valence-electron chi connectivity index (χ3n) is 2.56. The summed E-state index contributed by atoms with van der Waals surface area (Å²) in [7, 11) is -3.75. The van der Waals surface area contributed by atoms with Crippen LogP contribution in [-0.2, 0) is 10.0 Å². The molecule has 104 valence electrons. The zero-order valence-corrected chi connectivity index (χ0v) is 13.2. The van der Waals surface area contributed by atoms with Gasteiger partial charge in [0.15, 0.2) is 0 Å². The van der Waals surface area contributed by atoms with Crippen molar-refractivity contribution in [2.75, 3.05) is 4.72 Å². The van der Waals surface area contributed by atoms with Gasteiger partial charge < -0.3 is 5.73 Å². The van der Waals surface area contributed by atoms with E-state index in [-0.39, 0.29) is 16.1 Å². The Hall–Kier alpha value is -1.61. The van der Waals surface area contributed by atoms with Crippen LogP contribution in [0.15, 0.2) is 53.4 Å². The van der Waals surface area contributed by atoms with Crippen LogP contribution in [0.1, 0.15) is 10.4 Å². The summed E-state index contributed by atoms with van der Waals surface area (Å²) in [5.41, 5.74) is 5.51. The van der Waals surface area contributed by atoms with E-state index in [4.69, 9.17) is 5.73 Å². The van der Waals surface area contributed by atoms with E-state index in [0.717, 1.165) is 3.57 Å². The maximum Gasteiger partial charge on any atom is 0.261 e. The van der Waals surface area contributed by atoms with Gasteiger partial charge in [-0.3, -0.25) is 9.52 Å². The number of hydrogen-bond acceptors (Lipinski definition) is 3. The normalized spacial score (nSPS) is 11.1. The summed E-state index contributed by atoms with van der Waals surface area (Å²) in [4.78, 5) is 11.4. The van der Waals surface area contributed by atoms with E-state index in [9.17, 15) is 13.2 Å². The van der Waals surface area contributed by atoms with Crippen LogP contribution < -0.4 is 10.5 Å². The van der Waals surface area contributed by atoms with Crippen molar-refractivity contribution in [2.45, 2.75) is 4.90 Å². The van der Waals surface area contributed by atoms with Crippen LogP contribution in [-0.4, -0.2) is 14.3 Å². The molecule has 0 radical (unpaired) electrons. The molecule has 7 heteroatoms. The first-order valence-electron chi connectivity index (χ1n) is 5.57. The third-order valence-corrected chi connectivity index (χ3v) is 4.66. The minimum Gasteiger partial charge on any atom is -0.366 e. The molecular weight excluding hydrogens is 391 g/mol. The molecule has 2 aromatic carbocycles. The Bertz CT molecular complexity index is 742. The Kier molecular flexibility index (Phi) is 4.29. The lowest BCUT2D eigenvalue weighted by Crippen LogP contribution is -2.18. The molecule has 0 aliphatic heterocycles. The molecule has 0 bridgehead atoms. The first kappa shape index (κ1) is 14.8. The number of carbonyl (C=O) groups excluding carboxylic acids is 1. The number of nitrogens with two attached hydrogens (primary N) is 1. The van der Waals surface area contributed by atoms with Crippen LogP contribution in [0.25, 0.3) is 0 Å². The summed E-state index contributed by atoms with van der Waals surface area (Å²) in [6.45, 7) is 0. The van der Waals surface area contributed by atoms with Crippen LogP contribution in [0, 0.1) is 3.57 Å². The van der Waals surface area contributed by atoms with Crippen LogP contribution in [0.2, 0.25) is 0 Å². The Labute approximate surface area is 130 Å². The second-order valence-corrected chi connectivity index (χ2v) is 6.90. The number of rotatable bonds is 4. The summed E-state index contributed by atoms with van der Waals surface area (Å²) < 4.78 is 27.7. The van der Waals surface area contributed by atoms with E-state index in [1.807, 2.05) is 0 Å². The highest BCUT2D eigenvalue weighted by molar-refractivity contribution is 14.1. The maximum atomic E-state index is 12.2. The van der Waals surface area contributed by atoms with Crippen molar-refractivity contribution < 1.29 is 13.2 Å². The Balaban J connectivity index is 2.38. The van der Waals surface area contributed by atoms with Gasteiger partial charge in [-0.2, -0.15) is 0 Å². The predicted octanol–water partition coefficient (Wildman–Crippen LogP) is 2.19. The van der Waals surface area contributed by atoms with Gasteiger partial charge in [-0.25, -0.2) is 8.42 Å². The smallest absolute Gasteiger partial charge is 0.261 e. The van der Waals surface area contributed by atoms with E-state index in [1.165, 1.54) is 24.3 Å². The number of benzene rings is 2. The molecule has 0 saturated heterocycles. The Morgan fingerprint density at radius 1 is 1.05 bits per heavy atom. The number of sulfonamides is 1. The quantitative estimate of drug-likeness (QED) is 0.769. The Morgan fingerprint density at radius 2 is 1.65 bits per heavy atom. The second-order valence-electron chi connectivity index (χ2n) is 3.97. The lowest BCUT2D eigenvalue weighted by molar-refractivity contribution is 0.100. The molecule has 0 aliphatic rings. The zero-order chi connectivity index (χ0) is 14.8. The van der Waals surface area contributed by atoms with Gasteiger partial charge in [0, 0.05) is 3.57 Å². The fraction of sp³-hybridized carbons (Fsp3) is 0. The number of halogens is 1. The SMILES string of the molecule is NC(=O)c1ccccc1NS(=O)(=O)c1ccc(I)cc1. The first-order valence-corrected chi connectivity index (χ1v) is 8.13. The summed E-state index contributed by atoms with van der Waals surface area (Å²) in [6.07, 6.45) is 0. The molecule has 20 heavy (non-hydrogen) atoms. The zero-order valence-electron chi connectivity index (χ0n) is 10.2. The van der Waals surface area contributed by atoms with E-state index < -0.39 is 15.9 Å². The molecule has 0 aromatic heterocycles. The van der Waals surface area contributed by atoms with E-state index >= 15 is 0 Å². The largest absolute Gasteiger partial charge is 0.366 e. The third kappa shape index (κ3) is 3.28. The lowest BCUT2D eigenvalue weighted by Gasteiger charge is -2.10. The highest BCUT2D eigenvalue weighted by atomic mass is 127. The summed E-state index contributed by atoms with van der Waals surface area (Å²) >= 11 is 2.09. The van der Waals surface area contributed by atoms with Gasteiger partial charge in [-0.15, -0.1) is 0 Å². The minimum absolute atomic E-state index is 0.122. The van der Waals surface area contributed by atoms with Gasteiger partial charge in [0.25, 0.3) is 15.9 Å². The molecule has 0 unspecified atom stereocenters. The van der Waals surface area contributed by atoms with E-state index in [2.05, 4.69) is 27.3 Å². The second kappa shape index (κ2) is 5.80. The minimum atomic E-state index is -3.75. The van der Waals surface area contributed by atoms with Crippen molar-refractivity contribution in [3.05, 3.63) is 57.7 Å². The van der Waals surface area contributed by atoms with E-state index in [0.29, 0.717) is 0 Å². The van der Waals surface area contributed by atoms with Crippen LogP contribution in [0.3, 0.4) is 0 Å². The topological polar surface area (TPSA) is 89.3 Å².